The lowest BCUT2D eigenvalue weighted by Gasteiger charge is -2.03. The third kappa shape index (κ3) is 5.33. The van der Waals surface area contributed by atoms with Crippen molar-refractivity contribution in [3.8, 4) is 11.5 Å². The highest BCUT2D eigenvalue weighted by atomic mass is 16.5. The Balaban J connectivity index is 1.12. The Morgan fingerprint density at radius 1 is 0.568 bits per heavy atom. The van der Waals surface area contributed by atoms with Crippen molar-refractivity contribution in [2.24, 2.45) is 0 Å². The average molecular weight is 489 g/mol. The Kier molecular flexibility index (Phi) is 6.06. The first-order chi connectivity index (χ1) is 18.1. The number of nitrogens with zero attached hydrogens (tertiary/aromatic N) is 2. The molecule has 2 aromatic heterocycles. The van der Waals surface area contributed by atoms with Gasteiger partial charge in [-0.1, -0.05) is 47.5 Å². The minimum Gasteiger partial charge on any atom is -0.486 e. The van der Waals surface area contributed by atoms with Gasteiger partial charge in [0.05, 0.1) is 22.1 Å². The number of aromatic amines is 2. The number of hydrogen-bond donors (Lipinski definition) is 2. The highest BCUT2D eigenvalue weighted by Crippen LogP contribution is 2.21. The number of hydrogen-bond acceptors (Lipinski definition) is 4. The maximum absolute atomic E-state index is 5.88. The number of fused-ring (bicyclic) bond motifs is 2. The Morgan fingerprint density at radius 3 is 1.43 bits per heavy atom. The molecule has 4 aromatic carbocycles. The zero-order valence-corrected chi connectivity index (χ0v) is 20.9. The van der Waals surface area contributed by atoms with Crippen molar-refractivity contribution >= 4 is 22.1 Å². The van der Waals surface area contributed by atoms with Crippen LogP contribution >= 0.6 is 0 Å². The van der Waals surface area contributed by atoms with Gasteiger partial charge >= 0.3 is 0 Å². The van der Waals surface area contributed by atoms with Gasteiger partial charge in [0.2, 0.25) is 0 Å². The molecule has 2 heterocycles. The number of ether oxygens (including phenoxy) is 2. The second-order valence-corrected chi connectivity index (χ2v) is 9.45. The topological polar surface area (TPSA) is 75.8 Å². The van der Waals surface area contributed by atoms with Gasteiger partial charge in [-0.05, 0) is 79.9 Å². The number of benzene rings is 4. The van der Waals surface area contributed by atoms with Crippen LogP contribution in [0.2, 0.25) is 0 Å². The van der Waals surface area contributed by atoms with Crippen molar-refractivity contribution in [1.29, 1.82) is 0 Å². The van der Waals surface area contributed by atoms with Gasteiger partial charge in [0.15, 0.2) is 0 Å². The summed E-state index contributed by atoms with van der Waals surface area (Å²) >= 11 is 0. The Hall–Kier alpha value is -4.58. The van der Waals surface area contributed by atoms with Crippen LogP contribution in [-0.4, -0.2) is 19.9 Å². The van der Waals surface area contributed by atoms with E-state index in [9.17, 15) is 0 Å². The monoisotopic (exact) mass is 488 g/mol. The summed E-state index contributed by atoms with van der Waals surface area (Å²) in [5.41, 5.74) is 8.71. The van der Waals surface area contributed by atoms with Crippen LogP contribution in [0.5, 0.6) is 11.5 Å². The molecule has 0 fully saturated rings. The molecule has 6 heteroatoms. The highest BCUT2D eigenvalue weighted by Gasteiger charge is 2.08. The van der Waals surface area contributed by atoms with Gasteiger partial charge in [0.1, 0.15) is 36.4 Å². The van der Waals surface area contributed by atoms with E-state index in [2.05, 4.69) is 60.2 Å². The van der Waals surface area contributed by atoms with E-state index in [1.807, 2.05) is 48.5 Å². The summed E-state index contributed by atoms with van der Waals surface area (Å²) in [4.78, 5) is 16.2. The van der Waals surface area contributed by atoms with Crippen molar-refractivity contribution in [3.05, 3.63) is 119 Å². The maximum Gasteiger partial charge on any atom is 0.146 e. The molecule has 0 aliphatic rings. The number of nitrogens with one attached hydrogen (secondary N) is 2. The number of H-pyrrole nitrogens is 2. The lowest BCUT2D eigenvalue weighted by molar-refractivity contribution is 0.297. The van der Waals surface area contributed by atoms with Crippen LogP contribution in [0.3, 0.4) is 0 Å². The molecule has 0 radical (unpaired) electrons. The predicted octanol–water partition coefficient (Wildman–Crippen LogP) is 6.80. The summed E-state index contributed by atoms with van der Waals surface area (Å²) in [6.45, 7) is 4.93. The SMILES string of the molecule is Cc1ccc(OCc2nc3cc(Cc4ccc5[nH]c(COc6ccc(C)cc6)nc5c4)ccc3[nH]2)cc1. The molecule has 0 aliphatic carbocycles. The molecular weight excluding hydrogens is 460 g/mol. The van der Waals surface area contributed by atoms with Crippen LogP contribution in [0, 0.1) is 13.8 Å². The van der Waals surface area contributed by atoms with E-state index in [1.54, 1.807) is 0 Å². The third-order valence-corrected chi connectivity index (χ3v) is 6.39. The third-order valence-electron chi connectivity index (χ3n) is 6.39. The van der Waals surface area contributed by atoms with E-state index in [0.29, 0.717) is 13.2 Å². The molecule has 0 amide bonds. The van der Waals surface area contributed by atoms with Crippen molar-refractivity contribution in [1.82, 2.24) is 19.9 Å². The van der Waals surface area contributed by atoms with Crippen LogP contribution in [-0.2, 0) is 19.6 Å². The normalized spacial score (nSPS) is 11.3. The molecular formula is C31H28N4O2. The number of imidazole rings is 2. The van der Waals surface area contributed by atoms with Crippen LogP contribution in [0.4, 0.5) is 0 Å². The first-order valence-corrected chi connectivity index (χ1v) is 12.4. The van der Waals surface area contributed by atoms with E-state index in [4.69, 9.17) is 19.4 Å². The molecule has 0 bridgehead atoms. The summed E-state index contributed by atoms with van der Waals surface area (Å²) in [7, 11) is 0. The van der Waals surface area contributed by atoms with Crippen molar-refractivity contribution in [2.45, 2.75) is 33.5 Å². The molecule has 2 N–H and O–H groups in total. The summed E-state index contributed by atoms with van der Waals surface area (Å²) < 4.78 is 11.8. The Labute approximate surface area is 215 Å². The Morgan fingerprint density at radius 2 is 1.00 bits per heavy atom. The van der Waals surface area contributed by atoms with Crippen molar-refractivity contribution in [2.75, 3.05) is 0 Å². The maximum atomic E-state index is 5.88. The molecule has 6 aromatic rings. The lowest BCUT2D eigenvalue weighted by Crippen LogP contribution is -1.97. The van der Waals surface area contributed by atoms with Gasteiger partial charge in [-0.2, -0.15) is 0 Å². The fraction of sp³-hybridized carbons (Fsp3) is 0.161. The molecule has 0 spiro atoms. The van der Waals surface area contributed by atoms with Crippen molar-refractivity contribution in [3.63, 3.8) is 0 Å². The van der Waals surface area contributed by atoms with Crippen LogP contribution < -0.4 is 9.47 Å². The highest BCUT2D eigenvalue weighted by molar-refractivity contribution is 5.77. The van der Waals surface area contributed by atoms with Gasteiger partial charge in [-0.3, -0.25) is 0 Å². The summed E-state index contributed by atoms with van der Waals surface area (Å²) in [6, 6.07) is 28.8. The zero-order valence-electron chi connectivity index (χ0n) is 20.9. The fourth-order valence-electron chi connectivity index (χ4n) is 4.37. The molecule has 6 rings (SSSR count). The second kappa shape index (κ2) is 9.82. The molecule has 0 atom stereocenters. The molecule has 0 aliphatic heterocycles. The predicted molar refractivity (Wildman–Crippen MR) is 146 cm³/mol. The summed E-state index contributed by atoms with van der Waals surface area (Å²) in [5.74, 6) is 3.30. The first kappa shape index (κ1) is 22.9. The Bertz CT molecular complexity index is 1540. The lowest BCUT2D eigenvalue weighted by atomic mass is 10.0. The number of aromatic nitrogens is 4. The van der Waals surface area contributed by atoms with E-state index in [1.165, 1.54) is 22.3 Å². The van der Waals surface area contributed by atoms with Crippen LogP contribution in [0.25, 0.3) is 22.1 Å². The smallest absolute Gasteiger partial charge is 0.146 e. The van der Waals surface area contributed by atoms with Gasteiger partial charge < -0.3 is 19.4 Å². The van der Waals surface area contributed by atoms with E-state index in [0.717, 1.165) is 51.6 Å². The summed E-state index contributed by atoms with van der Waals surface area (Å²) in [6.07, 6.45) is 0.802. The largest absolute Gasteiger partial charge is 0.486 e. The molecule has 0 unspecified atom stereocenters. The van der Waals surface area contributed by atoms with Gasteiger partial charge in [0, 0.05) is 0 Å². The minimum atomic E-state index is 0.402. The molecule has 37 heavy (non-hydrogen) atoms. The number of rotatable bonds is 8. The molecule has 0 saturated carbocycles. The average Bonchev–Trinajstić information content (AvgIpc) is 3.51. The van der Waals surface area contributed by atoms with E-state index in [-0.39, 0.29) is 0 Å². The van der Waals surface area contributed by atoms with Crippen molar-refractivity contribution < 1.29 is 9.47 Å². The number of aryl methyl sites for hydroxylation is 2. The fourth-order valence-corrected chi connectivity index (χ4v) is 4.37. The quantitative estimate of drug-likeness (QED) is 0.247. The van der Waals surface area contributed by atoms with Crippen LogP contribution in [0.15, 0.2) is 84.9 Å². The molecule has 184 valence electrons. The van der Waals surface area contributed by atoms with Crippen LogP contribution in [0.1, 0.15) is 33.9 Å². The van der Waals surface area contributed by atoms with E-state index < -0.39 is 0 Å². The molecule has 0 saturated heterocycles. The standard InChI is InChI=1S/C31H28N4O2/c1-20-3-9-24(10-4-20)36-18-30-32-26-13-7-22(16-28(26)34-30)15-23-8-14-27-29(17-23)35-31(33-27)19-37-25-11-5-21(2)6-12-25/h3-14,16-17H,15,18-19H2,1-2H3,(H,32,34)(H,33,35). The first-order valence-electron chi connectivity index (χ1n) is 12.4. The van der Waals surface area contributed by atoms with Gasteiger partial charge in [-0.15, -0.1) is 0 Å². The van der Waals surface area contributed by atoms with Gasteiger partial charge in [-0.25, -0.2) is 9.97 Å². The summed E-state index contributed by atoms with van der Waals surface area (Å²) in [5, 5.41) is 0. The van der Waals surface area contributed by atoms with Gasteiger partial charge in [0.25, 0.3) is 0 Å². The molecule has 6 nitrogen and oxygen atoms in total. The second-order valence-electron chi connectivity index (χ2n) is 9.45. The zero-order chi connectivity index (χ0) is 25.2. The van der Waals surface area contributed by atoms with E-state index >= 15 is 0 Å². The minimum absolute atomic E-state index is 0.402.